The van der Waals surface area contributed by atoms with Gasteiger partial charge >= 0.3 is 5.97 Å². The predicted octanol–water partition coefficient (Wildman–Crippen LogP) is 2.08. The molecule has 1 aromatic heterocycles. The normalized spacial score (nSPS) is 10.2. The van der Waals surface area contributed by atoms with Crippen molar-refractivity contribution in [3.8, 4) is 11.1 Å². The predicted molar refractivity (Wildman–Crippen MR) is 55.7 cm³/mol. The van der Waals surface area contributed by atoms with Gasteiger partial charge in [-0.2, -0.15) is 5.10 Å². The van der Waals surface area contributed by atoms with E-state index in [4.69, 9.17) is 5.11 Å². The molecule has 1 aromatic carbocycles. The molecule has 0 bridgehead atoms. The third kappa shape index (κ3) is 1.74. The monoisotopic (exact) mass is 202 g/mol. The van der Waals surface area contributed by atoms with E-state index < -0.39 is 5.97 Å². The topological polar surface area (TPSA) is 66.0 Å². The Morgan fingerprint density at radius 1 is 1.47 bits per heavy atom. The van der Waals surface area contributed by atoms with Crippen molar-refractivity contribution in [2.45, 2.75) is 6.92 Å². The number of nitrogens with one attached hydrogen (secondary N) is 1. The second kappa shape index (κ2) is 3.57. The van der Waals surface area contributed by atoms with Crippen LogP contribution in [0.2, 0.25) is 0 Å². The van der Waals surface area contributed by atoms with E-state index in [9.17, 15) is 4.79 Å². The van der Waals surface area contributed by atoms with Crippen LogP contribution in [-0.4, -0.2) is 21.3 Å². The molecule has 0 saturated heterocycles. The molecule has 0 amide bonds. The van der Waals surface area contributed by atoms with Gasteiger partial charge in [0.1, 0.15) is 0 Å². The first-order valence-corrected chi connectivity index (χ1v) is 4.51. The maximum atomic E-state index is 10.7. The van der Waals surface area contributed by atoms with Crippen molar-refractivity contribution in [2.75, 3.05) is 0 Å². The molecule has 0 aliphatic heterocycles. The summed E-state index contributed by atoms with van der Waals surface area (Å²) in [4.78, 5) is 10.7. The molecule has 0 unspecified atom stereocenters. The highest BCUT2D eigenvalue weighted by molar-refractivity contribution is 5.88. The summed E-state index contributed by atoms with van der Waals surface area (Å²) < 4.78 is 0. The number of aromatic amines is 1. The molecule has 0 fully saturated rings. The Morgan fingerprint density at radius 2 is 2.27 bits per heavy atom. The fraction of sp³-hybridized carbons (Fsp3) is 0.0909. The molecular formula is C11H10N2O2. The van der Waals surface area contributed by atoms with Crippen molar-refractivity contribution >= 4 is 5.97 Å². The van der Waals surface area contributed by atoms with Crippen LogP contribution in [0.5, 0.6) is 0 Å². The van der Waals surface area contributed by atoms with Crippen LogP contribution in [0, 0.1) is 6.92 Å². The van der Waals surface area contributed by atoms with Crippen LogP contribution >= 0.6 is 0 Å². The van der Waals surface area contributed by atoms with Crippen LogP contribution < -0.4 is 0 Å². The summed E-state index contributed by atoms with van der Waals surface area (Å²) in [6, 6.07) is 5.05. The minimum absolute atomic E-state index is 0.305. The molecule has 2 aromatic rings. The molecular weight excluding hydrogens is 192 g/mol. The minimum atomic E-state index is -0.906. The van der Waals surface area contributed by atoms with E-state index in [0.717, 1.165) is 16.7 Å². The average molecular weight is 202 g/mol. The Morgan fingerprint density at radius 3 is 2.80 bits per heavy atom. The number of aromatic nitrogens is 2. The molecule has 4 nitrogen and oxygen atoms in total. The lowest BCUT2D eigenvalue weighted by Crippen LogP contribution is -1.96. The van der Waals surface area contributed by atoms with Crippen LogP contribution in [0.25, 0.3) is 11.1 Å². The van der Waals surface area contributed by atoms with E-state index in [1.165, 1.54) is 0 Å². The van der Waals surface area contributed by atoms with Gasteiger partial charge in [0, 0.05) is 11.8 Å². The van der Waals surface area contributed by atoms with Gasteiger partial charge in [-0.3, -0.25) is 5.10 Å². The van der Waals surface area contributed by atoms with Gasteiger partial charge in [0.05, 0.1) is 11.8 Å². The number of hydrogen-bond donors (Lipinski definition) is 2. The third-order valence-electron chi connectivity index (χ3n) is 2.28. The first kappa shape index (κ1) is 9.45. The summed E-state index contributed by atoms with van der Waals surface area (Å²) in [5.41, 5.74) is 3.19. The summed E-state index contributed by atoms with van der Waals surface area (Å²) in [6.07, 6.45) is 3.49. The van der Waals surface area contributed by atoms with Gasteiger partial charge in [-0.1, -0.05) is 6.07 Å². The van der Waals surface area contributed by atoms with Crippen molar-refractivity contribution in [1.29, 1.82) is 0 Å². The molecule has 0 spiro atoms. The standard InChI is InChI=1S/C11H10N2O2/c1-7-4-8(11(14)15)2-3-10(7)9-5-12-13-6-9/h2-6H,1H3,(H,12,13)(H,14,15). The first-order valence-electron chi connectivity index (χ1n) is 4.51. The Labute approximate surface area is 86.6 Å². The van der Waals surface area contributed by atoms with Crippen molar-refractivity contribution in [1.82, 2.24) is 10.2 Å². The largest absolute Gasteiger partial charge is 0.478 e. The lowest BCUT2D eigenvalue weighted by atomic mass is 10.0. The van der Waals surface area contributed by atoms with E-state index in [0.29, 0.717) is 5.56 Å². The molecule has 2 N–H and O–H groups in total. The van der Waals surface area contributed by atoms with Crippen molar-refractivity contribution in [3.05, 3.63) is 41.7 Å². The summed E-state index contributed by atoms with van der Waals surface area (Å²) >= 11 is 0. The van der Waals surface area contributed by atoms with Gasteiger partial charge in [-0.15, -0.1) is 0 Å². The van der Waals surface area contributed by atoms with Crippen molar-refractivity contribution in [2.24, 2.45) is 0 Å². The smallest absolute Gasteiger partial charge is 0.335 e. The van der Waals surface area contributed by atoms with E-state index in [2.05, 4.69) is 10.2 Å². The fourth-order valence-corrected chi connectivity index (χ4v) is 1.52. The molecule has 2 rings (SSSR count). The van der Waals surface area contributed by atoms with E-state index >= 15 is 0 Å². The lowest BCUT2D eigenvalue weighted by Gasteiger charge is -2.03. The number of rotatable bonds is 2. The van der Waals surface area contributed by atoms with Crippen LogP contribution in [0.4, 0.5) is 0 Å². The quantitative estimate of drug-likeness (QED) is 0.783. The summed E-state index contributed by atoms with van der Waals surface area (Å²) in [5, 5.41) is 15.4. The number of carboxylic acids is 1. The van der Waals surface area contributed by atoms with Gasteiger partial charge in [0.15, 0.2) is 0 Å². The van der Waals surface area contributed by atoms with E-state index in [1.54, 1.807) is 30.6 Å². The van der Waals surface area contributed by atoms with Crippen LogP contribution in [-0.2, 0) is 0 Å². The molecule has 4 heteroatoms. The number of aromatic carboxylic acids is 1. The molecule has 0 radical (unpaired) electrons. The van der Waals surface area contributed by atoms with E-state index in [-0.39, 0.29) is 0 Å². The fourth-order valence-electron chi connectivity index (χ4n) is 1.52. The second-order valence-electron chi connectivity index (χ2n) is 3.32. The van der Waals surface area contributed by atoms with Gasteiger partial charge in [-0.25, -0.2) is 4.79 Å². The second-order valence-corrected chi connectivity index (χ2v) is 3.32. The number of carbonyl (C=O) groups is 1. The van der Waals surface area contributed by atoms with E-state index in [1.807, 2.05) is 6.92 Å². The summed E-state index contributed by atoms with van der Waals surface area (Å²) in [7, 11) is 0. The third-order valence-corrected chi connectivity index (χ3v) is 2.28. The summed E-state index contributed by atoms with van der Waals surface area (Å²) in [5.74, 6) is -0.906. The number of nitrogens with zero attached hydrogens (tertiary/aromatic N) is 1. The highest BCUT2D eigenvalue weighted by Crippen LogP contribution is 2.22. The zero-order valence-electron chi connectivity index (χ0n) is 8.19. The van der Waals surface area contributed by atoms with Crippen LogP contribution in [0.1, 0.15) is 15.9 Å². The number of H-pyrrole nitrogens is 1. The van der Waals surface area contributed by atoms with Gasteiger partial charge < -0.3 is 5.11 Å². The van der Waals surface area contributed by atoms with Gasteiger partial charge in [0.2, 0.25) is 0 Å². The van der Waals surface area contributed by atoms with Crippen LogP contribution in [0.3, 0.4) is 0 Å². The van der Waals surface area contributed by atoms with Crippen molar-refractivity contribution in [3.63, 3.8) is 0 Å². The molecule has 1 heterocycles. The Hall–Kier alpha value is -2.10. The van der Waals surface area contributed by atoms with Crippen LogP contribution in [0.15, 0.2) is 30.6 Å². The Bertz CT molecular complexity index is 489. The average Bonchev–Trinajstić information content (AvgIpc) is 2.70. The highest BCUT2D eigenvalue weighted by Gasteiger charge is 2.07. The number of aryl methyl sites for hydroxylation is 1. The zero-order chi connectivity index (χ0) is 10.8. The molecule has 76 valence electrons. The first-order chi connectivity index (χ1) is 7.18. The van der Waals surface area contributed by atoms with Gasteiger partial charge in [-0.05, 0) is 30.2 Å². The van der Waals surface area contributed by atoms with Gasteiger partial charge in [0.25, 0.3) is 0 Å². The maximum absolute atomic E-state index is 10.7. The SMILES string of the molecule is Cc1cc(C(=O)O)ccc1-c1cn[nH]c1. The number of carboxylic acid groups (broad SMARTS) is 1. The molecule has 0 saturated carbocycles. The number of benzene rings is 1. The lowest BCUT2D eigenvalue weighted by molar-refractivity contribution is 0.0697. The highest BCUT2D eigenvalue weighted by atomic mass is 16.4. The molecule has 0 atom stereocenters. The Kier molecular flexibility index (Phi) is 2.25. The molecule has 15 heavy (non-hydrogen) atoms. The molecule has 0 aliphatic rings. The number of hydrogen-bond acceptors (Lipinski definition) is 2. The summed E-state index contributed by atoms with van der Waals surface area (Å²) in [6.45, 7) is 1.88. The maximum Gasteiger partial charge on any atom is 0.335 e. The minimum Gasteiger partial charge on any atom is -0.478 e. The zero-order valence-corrected chi connectivity index (χ0v) is 8.19. The Balaban J connectivity index is 2.48. The molecule has 0 aliphatic carbocycles. The van der Waals surface area contributed by atoms with Crippen molar-refractivity contribution < 1.29 is 9.90 Å².